The number of carboxylic acids is 1. The lowest BCUT2D eigenvalue weighted by molar-refractivity contribution is -0.137. The maximum Gasteiger partial charge on any atom is 0.318 e. The van der Waals surface area contributed by atoms with Gasteiger partial charge in [0.25, 0.3) is 10.2 Å². The van der Waals surface area contributed by atoms with Gasteiger partial charge in [0.05, 0.1) is 0 Å². The van der Waals surface area contributed by atoms with Crippen LogP contribution in [0.1, 0.15) is 26.7 Å². The van der Waals surface area contributed by atoms with Crippen LogP contribution in [-0.4, -0.2) is 42.9 Å². The van der Waals surface area contributed by atoms with Crippen molar-refractivity contribution < 1.29 is 18.3 Å². The summed E-state index contributed by atoms with van der Waals surface area (Å²) in [7, 11) is -3.65. The third-order valence-electron chi connectivity index (χ3n) is 2.11. The Morgan fingerprint density at radius 2 is 2.06 bits per heavy atom. The van der Waals surface area contributed by atoms with Crippen molar-refractivity contribution in [3.8, 4) is 0 Å². The van der Waals surface area contributed by atoms with E-state index in [0.717, 1.165) is 17.1 Å². The van der Waals surface area contributed by atoms with E-state index in [1.807, 2.05) is 13.8 Å². The van der Waals surface area contributed by atoms with Crippen molar-refractivity contribution in [1.82, 2.24) is 9.03 Å². The van der Waals surface area contributed by atoms with Crippen molar-refractivity contribution in [2.24, 2.45) is 5.92 Å². The van der Waals surface area contributed by atoms with E-state index in [4.69, 9.17) is 5.11 Å². The van der Waals surface area contributed by atoms with Crippen molar-refractivity contribution in [3.63, 3.8) is 0 Å². The number of aliphatic carboxylic acids is 1. The molecule has 0 bridgehead atoms. The average molecular weight is 250 g/mol. The molecule has 0 spiro atoms. The number of nitrogens with one attached hydrogen (secondary N) is 1. The highest BCUT2D eigenvalue weighted by molar-refractivity contribution is 7.87. The van der Waals surface area contributed by atoms with Gasteiger partial charge in [-0.05, 0) is 18.8 Å². The van der Waals surface area contributed by atoms with Gasteiger partial charge in [0.1, 0.15) is 6.54 Å². The highest BCUT2D eigenvalue weighted by atomic mass is 32.2. The van der Waals surface area contributed by atoms with Crippen LogP contribution in [0.3, 0.4) is 0 Å². The molecule has 0 atom stereocenters. The first-order chi connectivity index (χ1) is 7.31. The molecule has 0 aromatic carbocycles. The second-order valence-electron chi connectivity index (χ2n) is 4.48. The fraction of sp³-hybridized carbons (Fsp3) is 0.889. The van der Waals surface area contributed by atoms with Gasteiger partial charge in [0, 0.05) is 12.6 Å². The van der Waals surface area contributed by atoms with Gasteiger partial charge < -0.3 is 5.11 Å². The Balaban J connectivity index is 2.68. The molecule has 7 heteroatoms. The van der Waals surface area contributed by atoms with Crippen LogP contribution in [0.4, 0.5) is 0 Å². The molecule has 0 amide bonds. The quantitative estimate of drug-likeness (QED) is 0.667. The second-order valence-corrected chi connectivity index (χ2v) is 6.18. The standard InChI is InChI=1S/C9H18N2O4S/c1-7(2)5-11(6-9(12)13)16(14,15)10-8-3-4-8/h7-8,10H,3-6H2,1-2H3,(H,12,13). The number of hydrogen-bond donors (Lipinski definition) is 2. The molecular formula is C9H18N2O4S. The first-order valence-corrected chi connectivity index (χ1v) is 6.74. The van der Waals surface area contributed by atoms with Crippen molar-refractivity contribution in [2.45, 2.75) is 32.7 Å². The largest absolute Gasteiger partial charge is 0.480 e. The summed E-state index contributed by atoms with van der Waals surface area (Å²) < 4.78 is 27.1. The lowest BCUT2D eigenvalue weighted by Crippen LogP contribution is -2.45. The van der Waals surface area contributed by atoms with Gasteiger partial charge in [-0.2, -0.15) is 17.4 Å². The molecule has 1 saturated carbocycles. The molecule has 0 heterocycles. The summed E-state index contributed by atoms with van der Waals surface area (Å²) >= 11 is 0. The summed E-state index contributed by atoms with van der Waals surface area (Å²) in [5, 5.41) is 8.68. The highest BCUT2D eigenvalue weighted by Crippen LogP contribution is 2.20. The van der Waals surface area contributed by atoms with Crippen molar-refractivity contribution in [2.75, 3.05) is 13.1 Å². The van der Waals surface area contributed by atoms with Crippen molar-refractivity contribution in [3.05, 3.63) is 0 Å². The van der Waals surface area contributed by atoms with Crippen LogP contribution in [-0.2, 0) is 15.0 Å². The minimum Gasteiger partial charge on any atom is -0.480 e. The molecule has 0 aliphatic heterocycles. The summed E-state index contributed by atoms with van der Waals surface area (Å²) in [6.07, 6.45) is 1.67. The van der Waals surface area contributed by atoms with E-state index in [1.165, 1.54) is 0 Å². The Hall–Kier alpha value is -0.660. The van der Waals surface area contributed by atoms with Crippen LogP contribution in [0, 0.1) is 5.92 Å². The maximum atomic E-state index is 11.8. The third-order valence-corrected chi connectivity index (χ3v) is 3.70. The van der Waals surface area contributed by atoms with Gasteiger partial charge in [0.15, 0.2) is 0 Å². The van der Waals surface area contributed by atoms with E-state index in [1.54, 1.807) is 0 Å². The van der Waals surface area contributed by atoms with Crippen LogP contribution in [0.15, 0.2) is 0 Å². The lowest BCUT2D eigenvalue weighted by atomic mass is 10.2. The molecule has 2 N–H and O–H groups in total. The Morgan fingerprint density at radius 1 is 1.50 bits per heavy atom. The molecule has 0 unspecified atom stereocenters. The van der Waals surface area contributed by atoms with Gasteiger partial charge in [-0.15, -0.1) is 0 Å². The highest BCUT2D eigenvalue weighted by Gasteiger charge is 2.32. The first-order valence-electron chi connectivity index (χ1n) is 5.30. The topological polar surface area (TPSA) is 86.7 Å². The van der Waals surface area contributed by atoms with Crippen LogP contribution in [0.5, 0.6) is 0 Å². The molecule has 1 aliphatic carbocycles. The van der Waals surface area contributed by atoms with Gasteiger partial charge in [-0.1, -0.05) is 13.8 Å². The summed E-state index contributed by atoms with van der Waals surface area (Å²) in [6.45, 7) is 3.43. The Labute approximate surface area is 95.8 Å². The average Bonchev–Trinajstić information content (AvgIpc) is 2.84. The monoisotopic (exact) mass is 250 g/mol. The second kappa shape index (κ2) is 5.11. The van der Waals surface area contributed by atoms with Gasteiger partial charge >= 0.3 is 5.97 Å². The maximum absolute atomic E-state index is 11.8. The van der Waals surface area contributed by atoms with Gasteiger partial charge in [-0.3, -0.25) is 4.79 Å². The Kier molecular flexibility index (Phi) is 4.28. The Bertz CT molecular complexity index is 349. The number of hydrogen-bond acceptors (Lipinski definition) is 3. The zero-order valence-corrected chi connectivity index (χ0v) is 10.3. The molecule has 0 aromatic rings. The van der Waals surface area contributed by atoms with Crippen molar-refractivity contribution >= 4 is 16.2 Å². The smallest absolute Gasteiger partial charge is 0.318 e. The van der Waals surface area contributed by atoms with Gasteiger partial charge in [-0.25, -0.2) is 0 Å². The molecule has 94 valence electrons. The molecule has 0 saturated heterocycles. The lowest BCUT2D eigenvalue weighted by Gasteiger charge is -2.22. The van der Waals surface area contributed by atoms with E-state index in [2.05, 4.69) is 4.72 Å². The predicted octanol–water partition coefficient (Wildman–Crippen LogP) is 0.0258. The molecule has 1 aliphatic rings. The number of nitrogens with zero attached hydrogens (tertiary/aromatic N) is 1. The number of rotatable bonds is 7. The normalized spacial score (nSPS) is 17.0. The zero-order chi connectivity index (χ0) is 12.3. The van der Waals surface area contributed by atoms with E-state index >= 15 is 0 Å². The van der Waals surface area contributed by atoms with E-state index in [-0.39, 0.29) is 18.5 Å². The molecule has 0 aromatic heterocycles. The van der Waals surface area contributed by atoms with Crippen molar-refractivity contribution in [1.29, 1.82) is 0 Å². The molecule has 0 radical (unpaired) electrons. The van der Waals surface area contributed by atoms with E-state index in [0.29, 0.717) is 0 Å². The minimum atomic E-state index is -3.65. The van der Waals surface area contributed by atoms with Crippen LogP contribution in [0.25, 0.3) is 0 Å². The zero-order valence-electron chi connectivity index (χ0n) is 9.51. The minimum absolute atomic E-state index is 0.00606. The summed E-state index contributed by atoms with van der Waals surface area (Å²) in [4.78, 5) is 10.6. The van der Waals surface area contributed by atoms with Gasteiger partial charge in [0.2, 0.25) is 0 Å². The molecule has 16 heavy (non-hydrogen) atoms. The molecule has 1 rings (SSSR count). The third kappa shape index (κ3) is 4.46. The predicted molar refractivity (Wildman–Crippen MR) is 59.1 cm³/mol. The summed E-state index contributed by atoms with van der Waals surface area (Å²) in [6, 6.07) is -0.00606. The first kappa shape index (κ1) is 13.4. The summed E-state index contributed by atoms with van der Waals surface area (Å²) in [5.41, 5.74) is 0. The van der Waals surface area contributed by atoms with E-state index < -0.39 is 22.7 Å². The molecule has 6 nitrogen and oxygen atoms in total. The fourth-order valence-electron chi connectivity index (χ4n) is 1.29. The summed E-state index contributed by atoms with van der Waals surface area (Å²) in [5.74, 6) is -1.04. The fourth-order valence-corrected chi connectivity index (χ4v) is 2.87. The molecule has 1 fully saturated rings. The van der Waals surface area contributed by atoms with E-state index in [9.17, 15) is 13.2 Å². The van der Waals surface area contributed by atoms with Crippen LogP contribution >= 0.6 is 0 Å². The SMILES string of the molecule is CC(C)CN(CC(=O)O)S(=O)(=O)NC1CC1. The van der Waals surface area contributed by atoms with Crippen LogP contribution in [0.2, 0.25) is 0 Å². The number of carbonyl (C=O) groups is 1. The van der Waals surface area contributed by atoms with Crippen LogP contribution < -0.4 is 4.72 Å². The Morgan fingerprint density at radius 3 is 2.44 bits per heavy atom. The molecular weight excluding hydrogens is 232 g/mol. The number of carboxylic acid groups (broad SMARTS) is 1.